The van der Waals surface area contributed by atoms with Crippen molar-refractivity contribution in [3.8, 4) is 0 Å². The SMILES string of the molecule is CCN(CC)Cc1csc(CNC(=O)C(c2ccccc2)C2CC2)n1. The Hall–Kier alpha value is -1.72. The molecule has 5 heteroatoms. The van der Waals surface area contributed by atoms with Crippen LogP contribution in [0.3, 0.4) is 0 Å². The van der Waals surface area contributed by atoms with E-state index in [1.165, 1.54) is 0 Å². The van der Waals surface area contributed by atoms with Gasteiger partial charge in [-0.2, -0.15) is 0 Å². The fourth-order valence-electron chi connectivity index (χ4n) is 3.18. The first-order chi connectivity index (χ1) is 12.2. The van der Waals surface area contributed by atoms with E-state index in [0.29, 0.717) is 12.5 Å². The molecular weight excluding hydrogens is 330 g/mol. The van der Waals surface area contributed by atoms with Crippen LogP contribution in [0, 0.1) is 5.92 Å². The molecule has 1 aliphatic rings. The second-order valence-corrected chi connectivity index (χ2v) is 7.58. The number of amides is 1. The van der Waals surface area contributed by atoms with Gasteiger partial charge >= 0.3 is 0 Å². The summed E-state index contributed by atoms with van der Waals surface area (Å²) >= 11 is 1.63. The first kappa shape index (κ1) is 18.1. The number of carbonyl (C=O) groups is 1. The Morgan fingerprint density at radius 1 is 1.28 bits per heavy atom. The lowest BCUT2D eigenvalue weighted by Crippen LogP contribution is -2.30. The van der Waals surface area contributed by atoms with Gasteiger partial charge in [-0.15, -0.1) is 11.3 Å². The van der Waals surface area contributed by atoms with Crippen LogP contribution in [0.5, 0.6) is 0 Å². The fraction of sp³-hybridized carbons (Fsp3) is 0.500. The van der Waals surface area contributed by atoms with Crippen LogP contribution in [0.4, 0.5) is 0 Å². The minimum absolute atomic E-state index is 0.0173. The second kappa shape index (κ2) is 8.59. The molecule has 1 atom stereocenters. The number of benzene rings is 1. The first-order valence-electron chi connectivity index (χ1n) is 9.19. The van der Waals surface area contributed by atoms with E-state index in [4.69, 9.17) is 0 Å². The molecule has 2 aromatic rings. The maximum absolute atomic E-state index is 12.7. The molecule has 4 nitrogen and oxygen atoms in total. The van der Waals surface area contributed by atoms with Crippen LogP contribution < -0.4 is 5.32 Å². The van der Waals surface area contributed by atoms with E-state index in [0.717, 1.165) is 48.7 Å². The Bertz CT molecular complexity index is 677. The summed E-state index contributed by atoms with van der Waals surface area (Å²) in [5, 5.41) is 6.20. The summed E-state index contributed by atoms with van der Waals surface area (Å²) < 4.78 is 0. The Morgan fingerprint density at radius 3 is 2.64 bits per heavy atom. The van der Waals surface area contributed by atoms with Gasteiger partial charge in [-0.3, -0.25) is 9.69 Å². The molecule has 3 rings (SSSR count). The summed E-state index contributed by atoms with van der Waals surface area (Å²) in [4.78, 5) is 19.7. The number of hydrogen-bond acceptors (Lipinski definition) is 4. The standard InChI is InChI=1S/C20H27N3OS/c1-3-23(4-2)13-17-14-25-18(22-17)12-21-20(24)19(16-10-11-16)15-8-6-5-7-9-15/h5-9,14,16,19H,3-4,10-13H2,1-2H3,(H,21,24). The zero-order chi connectivity index (χ0) is 17.6. The van der Waals surface area contributed by atoms with Gasteiger partial charge in [0.2, 0.25) is 5.91 Å². The predicted molar refractivity (Wildman–Crippen MR) is 102 cm³/mol. The summed E-state index contributed by atoms with van der Waals surface area (Å²) in [5.74, 6) is 0.613. The first-order valence-corrected chi connectivity index (χ1v) is 10.1. The normalized spacial score (nSPS) is 15.3. The van der Waals surface area contributed by atoms with Crippen molar-refractivity contribution in [2.75, 3.05) is 13.1 Å². The van der Waals surface area contributed by atoms with Gasteiger partial charge < -0.3 is 5.32 Å². The molecular formula is C20H27N3OS. The van der Waals surface area contributed by atoms with E-state index >= 15 is 0 Å². The van der Waals surface area contributed by atoms with E-state index in [9.17, 15) is 4.79 Å². The quantitative estimate of drug-likeness (QED) is 0.742. The molecule has 25 heavy (non-hydrogen) atoms. The smallest absolute Gasteiger partial charge is 0.228 e. The minimum atomic E-state index is -0.0173. The number of rotatable bonds is 9. The fourth-order valence-corrected chi connectivity index (χ4v) is 3.90. The Balaban J connectivity index is 1.57. The van der Waals surface area contributed by atoms with E-state index in [2.05, 4.69) is 46.6 Å². The summed E-state index contributed by atoms with van der Waals surface area (Å²) in [5.41, 5.74) is 2.23. The van der Waals surface area contributed by atoms with Crippen molar-refractivity contribution in [2.24, 2.45) is 5.92 Å². The van der Waals surface area contributed by atoms with Gasteiger partial charge in [0.15, 0.2) is 0 Å². The zero-order valence-electron chi connectivity index (χ0n) is 15.1. The van der Waals surface area contributed by atoms with Gasteiger partial charge in [-0.1, -0.05) is 44.2 Å². The number of carbonyl (C=O) groups excluding carboxylic acids is 1. The largest absolute Gasteiger partial charge is 0.349 e. The van der Waals surface area contributed by atoms with Crippen LogP contribution in [-0.2, 0) is 17.9 Å². The average Bonchev–Trinajstić information content (AvgIpc) is 3.37. The van der Waals surface area contributed by atoms with Crippen molar-refractivity contribution in [3.05, 3.63) is 52.0 Å². The number of thiazole rings is 1. The molecule has 0 aliphatic heterocycles. The molecule has 1 aliphatic carbocycles. The highest BCUT2D eigenvalue weighted by Crippen LogP contribution is 2.42. The van der Waals surface area contributed by atoms with Crippen molar-refractivity contribution in [3.63, 3.8) is 0 Å². The Kier molecular flexibility index (Phi) is 6.21. The molecule has 0 bridgehead atoms. The molecule has 1 saturated carbocycles. The maximum atomic E-state index is 12.7. The van der Waals surface area contributed by atoms with Crippen LogP contribution in [0.1, 0.15) is 48.9 Å². The molecule has 1 aromatic carbocycles. The van der Waals surface area contributed by atoms with Gasteiger partial charge in [0, 0.05) is 11.9 Å². The van der Waals surface area contributed by atoms with Gasteiger partial charge in [-0.25, -0.2) is 4.98 Å². The van der Waals surface area contributed by atoms with Crippen LogP contribution >= 0.6 is 11.3 Å². The van der Waals surface area contributed by atoms with E-state index in [1.807, 2.05) is 18.2 Å². The number of aromatic nitrogens is 1. The van der Waals surface area contributed by atoms with Crippen LogP contribution in [0.15, 0.2) is 35.7 Å². The lowest BCUT2D eigenvalue weighted by molar-refractivity contribution is -0.123. The number of nitrogens with zero attached hydrogens (tertiary/aromatic N) is 2. The molecule has 1 unspecified atom stereocenters. The molecule has 1 aromatic heterocycles. The highest BCUT2D eigenvalue weighted by atomic mass is 32.1. The number of hydrogen-bond donors (Lipinski definition) is 1. The minimum Gasteiger partial charge on any atom is -0.349 e. The molecule has 1 amide bonds. The van der Waals surface area contributed by atoms with E-state index in [-0.39, 0.29) is 11.8 Å². The van der Waals surface area contributed by atoms with Gasteiger partial charge in [0.25, 0.3) is 0 Å². The lowest BCUT2D eigenvalue weighted by atomic mass is 9.93. The topological polar surface area (TPSA) is 45.2 Å². The molecule has 1 fully saturated rings. The third-order valence-corrected chi connectivity index (χ3v) is 5.73. The van der Waals surface area contributed by atoms with Crippen molar-refractivity contribution < 1.29 is 4.79 Å². The Labute approximate surface area is 154 Å². The number of nitrogens with one attached hydrogen (secondary N) is 1. The van der Waals surface area contributed by atoms with Gasteiger partial charge in [0.05, 0.1) is 18.2 Å². The third-order valence-electron chi connectivity index (χ3n) is 4.83. The summed E-state index contributed by atoms with van der Waals surface area (Å²) in [7, 11) is 0. The molecule has 1 heterocycles. The molecule has 0 radical (unpaired) electrons. The highest BCUT2D eigenvalue weighted by Gasteiger charge is 2.37. The predicted octanol–water partition coefficient (Wildman–Crippen LogP) is 3.79. The van der Waals surface area contributed by atoms with Crippen molar-refractivity contribution in [2.45, 2.75) is 45.7 Å². The van der Waals surface area contributed by atoms with Gasteiger partial charge in [-0.05, 0) is 37.4 Å². The molecule has 134 valence electrons. The van der Waals surface area contributed by atoms with Crippen molar-refractivity contribution in [1.82, 2.24) is 15.2 Å². The monoisotopic (exact) mass is 357 g/mol. The summed E-state index contributed by atoms with van der Waals surface area (Å²) in [6, 6.07) is 10.2. The summed E-state index contributed by atoms with van der Waals surface area (Å²) in [6.07, 6.45) is 2.30. The van der Waals surface area contributed by atoms with Crippen LogP contribution in [0.2, 0.25) is 0 Å². The molecule has 0 spiro atoms. The summed E-state index contributed by atoms with van der Waals surface area (Å²) in [6.45, 7) is 7.79. The van der Waals surface area contributed by atoms with Crippen LogP contribution in [0.25, 0.3) is 0 Å². The Morgan fingerprint density at radius 2 is 2.00 bits per heavy atom. The lowest BCUT2D eigenvalue weighted by Gasteiger charge is -2.16. The molecule has 0 saturated heterocycles. The maximum Gasteiger partial charge on any atom is 0.228 e. The molecule has 1 N–H and O–H groups in total. The van der Waals surface area contributed by atoms with Gasteiger partial charge in [0.1, 0.15) is 5.01 Å². The van der Waals surface area contributed by atoms with Crippen molar-refractivity contribution >= 4 is 17.2 Å². The zero-order valence-corrected chi connectivity index (χ0v) is 15.9. The highest BCUT2D eigenvalue weighted by molar-refractivity contribution is 7.09. The van der Waals surface area contributed by atoms with E-state index < -0.39 is 0 Å². The van der Waals surface area contributed by atoms with Crippen LogP contribution in [-0.4, -0.2) is 28.9 Å². The van der Waals surface area contributed by atoms with Crippen molar-refractivity contribution in [1.29, 1.82) is 0 Å². The second-order valence-electron chi connectivity index (χ2n) is 6.64. The average molecular weight is 358 g/mol. The van der Waals surface area contributed by atoms with E-state index in [1.54, 1.807) is 11.3 Å². The third kappa shape index (κ3) is 4.89.